The molecule has 27 heavy (non-hydrogen) atoms. The van der Waals surface area contributed by atoms with E-state index in [1.54, 1.807) is 18.2 Å². The van der Waals surface area contributed by atoms with Crippen molar-refractivity contribution in [3.8, 4) is 6.07 Å². The Kier molecular flexibility index (Phi) is 4.60. The number of nitriles is 1. The number of benzene rings is 1. The Hall–Kier alpha value is -2.82. The first-order valence-electron chi connectivity index (χ1n) is 8.26. The van der Waals surface area contributed by atoms with Crippen molar-refractivity contribution in [2.75, 3.05) is 11.9 Å². The number of carbonyl (C=O) groups is 2. The number of carbonyl (C=O) groups excluding carboxylic acids is 2. The molecule has 0 radical (unpaired) electrons. The van der Waals surface area contributed by atoms with E-state index in [4.69, 9.17) is 20.8 Å². The van der Waals surface area contributed by atoms with Crippen LogP contribution in [0.5, 0.6) is 0 Å². The Morgan fingerprint density at radius 1 is 1.33 bits per heavy atom. The van der Waals surface area contributed by atoms with Crippen LogP contribution < -0.4 is 5.32 Å². The van der Waals surface area contributed by atoms with Crippen molar-refractivity contribution >= 4 is 50.8 Å². The molecule has 1 amide bonds. The zero-order valence-corrected chi connectivity index (χ0v) is 15.6. The van der Waals surface area contributed by atoms with Crippen LogP contribution in [0.15, 0.2) is 28.7 Å². The van der Waals surface area contributed by atoms with E-state index in [0.29, 0.717) is 26.6 Å². The van der Waals surface area contributed by atoms with Crippen LogP contribution in [0.1, 0.15) is 33.0 Å². The molecule has 1 aromatic carbocycles. The average molecular weight is 401 g/mol. The van der Waals surface area contributed by atoms with Crippen molar-refractivity contribution < 1.29 is 18.7 Å². The van der Waals surface area contributed by atoms with Gasteiger partial charge in [0, 0.05) is 15.3 Å². The van der Waals surface area contributed by atoms with Gasteiger partial charge in [-0.2, -0.15) is 5.26 Å². The van der Waals surface area contributed by atoms with E-state index >= 15 is 0 Å². The second-order valence-corrected chi connectivity index (χ2v) is 7.63. The van der Waals surface area contributed by atoms with Crippen LogP contribution in [0.4, 0.5) is 5.00 Å². The molecule has 1 aliphatic carbocycles. The summed E-state index contributed by atoms with van der Waals surface area (Å²) in [6, 6.07) is 8.64. The topological polar surface area (TPSA) is 92.3 Å². The SMILES string of the molecule is N#Cc1c(NC(=O)COC(=O)c2cc3cc(Cl)ccc3o2)sc2c1CCC2. The van der Waals surface area contributed by atoms with Crippen LogP contribution in [0.3, 0.4) is 0 Å². The molecule has 4 rings (SSSR count). The molecule has 0 fully saturated rings. The number of aryl methyl sites for hydroxylation is 1. The zero-order chi connectivity index (χ0) is 19.0. The summed E-state index contributed by atoms with van der Waals surface area (Å²) in [5, 5.41) is 13.7. The third kappa shape index (κ3) is 3.42. The van der Waals surface area contributed by atoms with Crippen LogP contribution in [-0.2, 0) is 22.4 Å². The van der Waals surface area contributed by atoms with Crippen molar-refractivity contribution in [3.63, 3.8) is 0 Å². The number of thiophene rings is 1. The first-order chi connectivity index (χ1) is 13.0. The minimum atomic E-state index is -0.744. The van der Waals surface area contributed by atoms with Gasteiger partial charge in [0.25, 0.3) is 5.91 Å². The van der Waals surface area contributed by atoms with Crippen LogP contribution in [0.25, 0.3) is 11.0 Å². The zero-order valence-electron chi connectivity index (χ0n) is 14.0. The lowest BCUT2D eigenvalue weighted by atomic mass is 10.1. The molecular weight excluding hydrogens is 388 g/mol. The maximum Gasteiger partial charge on any atom is 0.374 e. The Labute approximate surface area is 163 Å². The molecule has 136 valence electrons. The molecule has 8 heteroatoms. The minimum absolute atomic E-state index is 0.00659. The molecule has 1 aliphatic rings. The van der Waals surface area contributed by atoms with Gasteiger partial charge in [-0.3, -0.25) is 4.79 Å². The predicted molar refractivity (Wildman–Crippen MR) is 101 cm³/mol. The summed E-state index contributed by atoms with van der Waals surface area (Å²) < 4.78 is 10.4. The van der Waals surface area contributed by atoms with Gasteiger partial charge in [0.15, 0.2) is 6.61 Å². The quantitative estimate of drug-likeness (QED) is 0.659. The highest BCUT2D eigenvalue weighted by Gasteiger charge is 2.23. The number of anilines is 1. The van der Waals surface area contributed by atoms with Gasteiger partial charge in [0.2, 0.25) is 5.76 Å². The van der Waals surface area contributed by atoms with E-state index in [9.17, 15) is 14.9 Å². The third-order valence-electron chi connectivity index (χ3n) is 4.30. The Morgan fingerprint density at radius 2 is 2.19 bits per heavy atom. The number of furan rings is 1. The Bertz CT molecular complexity index is 1110. The Morgan fingerprint density at radius 3 is 3.00 bits per heavy atom. The normalized spacial score (nSPS) is 12.6. The predicted octanol–water partition coefficient (Wildman–Crippen LogP) is 4.30. The lowest BCUT2D eigenvalue weighted by Crippen LogP contribution is -2.20. The van der Waals surface area contributed by atoms with Crippen molar-refractivity contribution in [3.05, 3.63) is 51.1 Å². The molecule has 0 spiro atoms. The fraction of sp³-hybridized carbons (Fsp3) is 0.211. The molecule has 0 aliphatic heterocycles. The fourth-order valence-electron chi connectivity index (χ4n) is 3.09. The molecule has 0 saturated heterocycles. The van der Waals surface area contributed by atoms with E-state index in [0.717, 1.165) is 29.7 Å². The van der Waals surface area contributed by atoms with E-state index in [2.05, 4.69) is 11.4 Å². The summed E-state index contributed by atoms with van der Waals surface area (Å²) in [4.78, 5) is 25.4. The largest absolute Gasteiger partial charge is 0.450 e. The van der Waals surface area contributed by atoms with Gasteiger partial charge in [-0.05, 0) is 49.1 Å². The van der Waals surface area contributed by atoms with Crippen molar-refractivity contribution in [1.82, 2.24) is 0 Å². The van der Waals surface area contributed by atoms with Crippen molar-refractivity contribution in [2.24, 2.45) is 0 Å². The van der Waals surface area contributed by atoms with Gasteiger partial charge in [0.05, 0.1) is 5.56 Å². The highest BCUT2D eigenvalue weighted by Crippen LogP contribution is 2.38. The number of hydrogen-bond donors (Lipinski definition) is 1. The van der Waals surface area contributed by atoms with E-state index in [1.807, 2.05) is 0 Å². The highest BCUT2D eigenvalue weighted by molar-refractivity contribution is 7.16. The van der Waals surface area contributed by atoms with Gasteiger partial charge in [0.1, 0.15) is 16.7 Å². The second-order valence-electron chi connectivity index (χ2n) is 6.09. The number of nitrogens with zero attached hydrogens (tertiary/aromatic N) is 1. The van der Waals surface area contributed by atoms with Gasteiger partial charge in [-0.25, -0.2) is 4.79 Å². The Balaban J connectivity index is 1.40. The first-order valence-corrected chi connectivity index (χ1v) is 9.45. The smallest absolute Gasteiger partial charge is 0.374 e. The molecule has 0 unspecified atom stereocenters. The molecule has 3 aromatic rings. The fourth-order valence-corrected chi connectivity index (χ4v) is 4.53. The van der Waals surface area contributed by atoms with Gasteiger partial charge >= 0.3 is 5.97 Å². The van der Waals surface area contributed by atoms with Crippen LogP contribution in [0.2, 0.25) is 5.02 Å². The molecular formula is C19H13ClN2O4S. The number of amides is 1. The average Bonchev–Trinajstić information content (AvgIpc) is 3.33. The van der Waals surface area contributed by atoms with Crippen molar-refractivity contribution in [1.29, 1.82) is 5.26 Å². The van der Waals surface area contributed by atoms with Gasteiger partial charge in [-0.15, -0.1) is 11.3 Å². The molecule has 1 N–H and O–H groups in total. The lowest BCUT2D eigenvalue weighted by Gasteiger charge is -2.04. The summed E-state index contributed by atoms with van der Waals surface area (Å²) in [5.74, 6) is -1.25. The number of fused-ring (bicyclic) bond motifs is 2. The molecule has 2 heterocycles. The van der Waals surface area contributed by atoms with Crippen molar-refractivity contribution in [2.45, 2.75) is 19.3 Å². The summed E-state index contributed by atoms with van der Waals surface area (Å²) in [5.41, 5.74) is 2.04. The standard InChI is InChI=1S/C19H13ClN2O4S/c20-11-4-5-14-10(6-11)7-15(26-14)19(24)25-9-17(23)22-18-13(8-21)12-2-1-3-16(12)27-18/h4-7H,1-3,9H2,(H,22,23). The first kappa shape index (κ1) is 17.6. The summed E-state index contributed by atoms with van der Waals surface area (Å²) in [6.07, 6.45) is 2.82. The van der Waals surface area contributed by atoms with E-state index < -0.39 is 18.5 Å². The second kappa shape index (κ2) is 7.06. The number of esters is 1. The van der Waals surface area contributed by atoms with E-state index in [-0.39, 0.29) is 5.76 Å². The summed E-state index contributed by atoms with van der Waals surface area (Å²) >= 11 is 7.32. The minimum Gasteiger partial charge on any atom is -0.450 e. The number of hydrogen-bond acceptors (Lipinski definition) is 6. The maximum absolute atomic E-state index is 12.1. The van der Waals surface area contributed by atoms with Crippen LogP contribution in [0, 0.1) is 11.3 Å². The highest BCUT2D eigenvalue weighted by atomic mass is 35.5. The maximum atomic E-state index is 12.1. The van der Waals surface area contributed by atoms with Gasteiger partial charge in [-0.1, -0.05) is 11.6 Å². The molecule has 2 aromatic heterocycles. The number of halogens is 1. The van der Waals surface area contributed by atoms with E-state index in [1.165, 1.54) is 17.4 Å². The molecule has 6 nitrogen and oxygen atoms in total. The lowest BCUT2D eigenvalue weighted by molar-refractivity contribution is -0.119. The number of rotatable bonds is 4. The van der Waals surface area contributed by atoms with Crippen LogP contribution >= 0.6 is 22.9 Å². The molecule has 0 atom stereocenters. The van der Waals surface area contributed by atoms with Gasteiger partial charge < -0.3 is 14.5 Å². The van der Waals surface area contributed by atoms with Crippen LogP contribution in [-0.4, -0.2) is 18.5 Å². The number of nitrogens with one attached hydrogen (secondary N) is 1. The summed E-state index contributed by atoms with van der Waals surface area (Å²) in [6.45, 7) is -0.468. The third-order valence-corrected chi connectivity index (χ3v) is 5.74. The number of ether oxygens (including phenoxy) is 1. The molecule has 0 bridgehead atoms. The summed E-state index contributed by atoms with van der Waals surface area (Å²) in [7, 11) is 0. The monoisotopic (exact) mass is 400 g/mol. The molecule has 0 saturated carbocycles.